The maximum absolute atomic E-state index is 11.9. The molecule has 2 N–H and O–H groups in total. The number of nitrogens with one attached hydrogen (secondary N) is 2. The molecule has 0 aliphatic rings. The van der Waals surface area contributed by atoms with Gasteiger partial charge in [0.2, 0.25) is 5.91 Å². The van der Waals surface area contributed by atoms with Crippen LogP contribution in [-0.4, -0.2) is 23.3 Å². The SMILES string of the molecule is Cc1cccc(OCCC(=O)NNC(=O)c2ccc([N+](=O)[O-])cc2)c1C. The molecule has 2 amide bonds. The predicted molar refractivity (Wildman–Crippen MR) is 94.7 cm³/mol. The summed E-state index contributed by atoms with van der Waals surface area (Å²) in [5.74, 6) is -0.262. The highest BCUT2D eigenvalue weighted by Crippen LogP contribution is 2.20. The van der Waals surface area contributed by atoms with Crippen LogP contribution in [0.1, 0.15) is 27.9 Å². The van der Waals surface area contributed by atoms with Gasteiger partial charge >= 0.3 is 0 Å². The van der Waals surface area contributed by atoms with Gasteiger partial charge in [0.15, 0.2) is 0 Å². The first-order valence-electron chi connectivity index (χ1n) is 7.91. The van der Waals surface area contributed by atoms with Crippen molar-refractivity contribution >= 4 is 17.5 Å². The summed E-state index contributed by atoms with van der Waals surface area (Å²) in [5.41, 5.74) is 6.72. The van der Waals surface area contributed by atoms with Crippen LogP contribution < -0.4 is 15.6 Å². The third kappa shape index (κ3) is 5.04. The maximum Gasteiger partial charge on any atom is 0.269 e. The molecule has 2 rings (SSSR count). The quantitative estimate of drug-likeness (QED) is 0.609. The Kier molecular flexibility index (Phi) is 6.26. The summed E-state index contributed by atoms with van der Waals surface area (Å²) in [4.78, 5) is 33.7. The Morgan fingerprint density at radius 1 is 1.08 bits per heavy atom. The van der Waals surface area contributed by atoms with Crippen LogP contribution in [-0.2, 0) is 4.79 Å². The molecule has 0 fully saturated rings. The molecule has 136 valence electrons. The molecule has 8 heteroatoms. The zero-order valence-corrected chi connectivity index (χ0v) is 14.4. The number of hydrazine groups is 1. The number of carbonyl (C=O) groups is 2. The molecule has 0 unspecified atom stereocenters. The van der Waals surface area contributed by atoms with Crippen LogP contribution in [0.2, 0.25) is 0 Å². The number of nitro groups is 1. The molecule has 2 aromatic carbocycles. The number of nitro benzene ring substituents is 1. The Bertz CT molecular complexity index is 818. The van der Waals surface area contributed by atoms with Crippen LogP contribution in [0.3, 0.4) is 0 Å². The Balaban J connectivity index is 1.76. The molecule has 2 aromatic rings. The number of hydrogen-bond acceptors (Lipinski definition) is 5. The van der Waals surface area contributed by atoms with E-state index in [2.05, 4.69) is 10.9 Å². The summed E-state index contributed by atoms with van der Waals surface area (Å²) in [7, 11) is 0. The molecule has 0 aliphatic heterocycles. The summed E-state index contributed by atoms with van der Waals surface area (Å²) in [6.07, 6.45) is 0.0634. The van der Waals surface area contributed by atoms with Crippen molar-refractivity contribution in [2.45, 2.75) is 20.3 Å². The van der Waals surface area contributed by atoms with Gasteiger partial charge in [-0.15, -0.1) is 0 Å². The molecule has 0 spiro atoms. The Labute approximate surface area is 150 Å². The standard InChI is InChI=1S/C18H19N3O5/c1-12-4-3-5-16(13(12)2)26-11-10-17(22)19-20-18(23)14-6-8-15(9-7-14)21(24)25/h3-9H,10-11H2,1-2H3,(H,19,22)(H,20,23). The molecule has 0 radical (unpaired) electrons. The normalized spacial score (nSPS) is 10.1. The fourth-order valence-corrected chi connectivity index (χ4v) is 2.13. The Morgan fingerprint density at radius 2 is 1.77 bits per heavy atom. The minimum Gasteiger partial charge on any atom is -0.493 e. The zero-order valence-electron chi connectivity index (χ0n) is 14.4. The van der Waals surface area contributed by atoms with Crippen LogP contribution >= 0.6 is 0 Å². The smallest absolute Gasteiger partial charge is 0.269 e. The molecule has 0 heterocycles. The van der Waals surface area contributed by atoms with Crippen LogP contribution in [0, 0.1) is 24.0 Å². The lowest BCUT2D eigenvalue weighted by Gasteiger charge is -2.11. The highest BCUT2D eigenvalue weighted by Gasteiger charge is 2.10. The first kappa shape index (κ1) is 18.9. The van der Waals surface area contributed by atoms with E-state index in [9.17, 15) is 19.7 Å². The lowest BCUT2D eigenvalue weighted by atomic mass is 10.1. The van der Waals surface area contributed by atoms with Gasteiger partial charge in [-0.05, 0) is 43.2 Å². The molecule has 0 aliphatic carbocycles. The van der Waals surface area contributed by atoms with Crippen molar-refractivity contribution in [2.24, 2.45) is 0 Å². The van der Waals surface area contributed by atoms with Gasteiger partial charge in [0.1, 0.15) is 5.75 Å². The molecule has 26 heavy (non-hydrogen) atoms. The van der Waals surface area contributed by atoms with Crippen molar-refractivity contribution in [1.82, 2.24) is 10.9 Å². The van der Waals surface area contributed by atoms with E-state index in [0.29, 0.717) is 5.75 Å². The van der Waals surface area contributed by atoms with Crippen molar-refractivity contribution in [2.75, 3.05) is 6.61 Å². The average Bonchev–Trinajstić information content (AvgIpc) is 2.63. The van der Waals surface area contributed by atoms with E-state index in [1.807, 2.05) is 32.0 Å². The number of rotatable bonds is 6. The minimum atomic E-state index is -0.566. The summed E-state index contributed by atoms with van der Waals surface area (Å²) in [5, 5.41) is 10.6. The fourth-order valence-electron chi connectivity index (χ4n) is 2.13. The highest BCUT2D eigenvalue weighted by atomic mass is 16.6. The summed E-state index contributed by atoms with van der Waals surface area (Å²) in [6.45, 7) is 4.08. The molecular weight excluding hydrogens is 338 g/mol. The average molecular weight is 357 g/mol. The van der Waals surface area contributed by atoms with E-state index in [1.165, 1.54) is 24.3 Å². The van der Waals surface area contributed by atoms with Crippen LogP contribution in [0.15, 0.2) is 42.5 Å². The van der Waals surface area contributed by atoms with Crippen molar-refractivity contribution in [3.8, 4) is 5.75 Å². The first-order valence-corrected chi connectivity index (χ1v) is 7.91. The number of amides is 2. The number of carbonyl (C=O) groups excluding carboxylic acids is 2. The molecule has 0 bridgehead atoms. The van der Waals surface area contributed by atoms with Gasteiger partial charge in [-0.2, -0.15) is 0 Å². The number of aryl methyl sites for hydroxylation is 1. The summed E-state index contributed by atoms with van der Waals surface area (Å²) < 4.78 is 5.58. The third-order valence-corrected chi connectivity index (χ3v) is 3.80. The van der Waals surface area contributed by atoms with Crippen LogP contribution in [0.5, 0.6) is 5.75 Å². The second-order valence-corrected chi connectivity index (χ2v) is 5.60. The van der Waals surface area contributed by atoms with E-state index in [0.717, 1.165) is 11.1 Å². The molecule has 8 nitrogen and oxygen atoms in total. The molecule has 0 saturated carbocycles. The molecular formula is C18H19N3O5. The van der Waals surface area contributed by atoms with Gasteiger partial charge in [-0.3, -0.25) is 30.6 Å². The van der Waals surface area contributed by atoms with Crippen LogP contribution in [0.4, 0.5) is 5.69 Å². The van der Waals surface area contributed by atoms with E-state index >= 15 is 0 Å². The van der Waals surface area contributed by atoms with Crippen LogP contribution in [0.25, 0.3) is 0 Å². The molecule has 0 aromatic heterocycles. The van der Waals surface area contributed by atoms with Crippen molar-refractivity contribution in [1.29, 1.82) is 0 Å². The molecule has 0 atom stereocenters. The zero-order chi connectivity index (χ0) is 19.1. The first-order chi connectivity index (χ1) is 12.4. The Morgan fingerprint density at radius 3 is 2.42 bits per heavy atom. The fraction of sp³-hybridized carbons (Fsp3) is 0.222. The van der Waals surface area contributed by atoms with Crippen molar-refractivity contribution in [3.05, 3.63) is 69.3 Å². The van der Waals surface area contributed by atoms with Gasteiger partial charge in [0.05, 0.1) is 18.0 Å². The summed E-state index contributed by atoms with van der Waals surface area (Å²) >= 11 is 0. The second-order valence-electron chi connectivity index (χ2n) is 5.60. The number of benzene rings is 2. The number of non-ortho nitro benzene ring substituents is 1. The topological polar surface area (TPSA) is 111 Å². The second kappa shape index (κ2) is 8.61. The van der Waals surface area contributed by atoms with Gasteiger partial charge in [0.25, 0.3) is 11.6 Å². The third-order valence-electron chi connectivity index (χ3n) is 3.80. The minimum absolute atomic E-state index is 0.0634. The van der Waals surface area contributed by atoms with E-state index < -0.39 is 16.7 Å². The maximum atomic E-state index is 11.9. The van der Waals surface area contributed by atoms with Gasteiger partial charge in [-0.1, -0.05) is 12.1 Å². The molecule has 0 saturated heterocycles. The lowest BCUT2D eigenvalue weighted by molar-refractivity contribution is -0.384. The number of ether oxygens (including phenoxy) is 1. The van der Waals surface area contributed by atoms with E-state index in [-0.39, 0.29) is 24.3 Å². The van der Waals surface area contributed by atoms with Crippen molar-refractivity contribution in [3.63, 3.8) is 0 Å². The summed E-state index contributed by atoms with van der Waals surface area (Å²) in [6, 6.07) is 10.7. The van der Waals surface area contributed by atoms with Crippen molar-refractivity contribution < 1.29 is 19.2 Å². The van der Waals surface area contributed by atoms with E-state index in [4.69, 9.17) is 4.74 Å². The van der Waals surface area contributed by atoms with Gasteiger partial charge < -0.3 is 4.74 Å². The van der Waals surface area contributed by atoms with Gasteiger partial charge in [0, 0.05) is 17.7 Å². The highest BCUT2D eigenvalue weighted by molar-refractivity contribution is 5.95. The monoisotopic (exact) mass is 357 g/mol. The number of hydrogen-bond donors (Lipinski definition) is 2. The lowest BCUT2D eigenvalue weighted by Crippen LogP contribution is -2.42. The predicted octanol–water partition coefficient (Wildman–Crippen LogP) is 2.44. The van der Waals surface area contributed by atoms with Gasteiger partial charge in [-0.25, -0.2) is 0 Å². The Hall–Kier alpha value is -3.42. The van der Waals surface area contributed by atoms with E-state index in [1.54, 1.807) is 0 Å². The number of nitrogens with zero attached hydrogens (tertiary/aromatic N) is 1. The largest absolute Gasteiger partial charge is 0.493 e.